The van der Waals surface area contributed by atoms with Crippen LogP contribution in [0, 0.1) is 23.7 Å². The summed E-state index contributed by atoms with van der Waals surface area (Å²) >= 11 is 0. The van der Waals surface area contributed by atoms with Crippen LogP contribution in [0.1, 0.15) is 63.1 Å². The monoisotopic (exact) mass is 236 g/mol. The predicted octanol–water partition coefficient (Wildman–Crippen LogP) is 4.26. The zero-order valence-corrected chi connectivity index (χ0v) is 11.6. The molecule has 0 aliphatic heterocycles. The van der Waals surface area contributed by atoms with Crippen LogP contribution in [0.4, 0.5) is 0 Å². The van der Waals surface area contributed by atoms with Crippen molar-refractivity contribution in [2.45, 2.75) is 51.9 Å². The minimum absolute atomic E-state index is 0.166. The minimum atomic E-state index is 0.166. The summed E-state index contributed by atoms with van der Waals surface area (Å²) in [6.45, 7) is 6.69. The fourth-order valence-corrected chi connectivity index (χ4v) is 1.97. The van der Waals surface area contributed by atoms with Crippen LogP contribution in [0.5, 0.6) is 0 Å². The van der Waals surface area contributed by atoms with Gasteiger partial charge in [0.1, 0.15) is 0 Å². The lowest BCUT2D eigenvalue weighted by Crippen LogP contribution is -2.11. The number of rotatable bonds is 0. The standard InChI is InChI=1S/C18H20/c1-18(2,3)17-13-12-15-10-8-6-4-5-7-9-11-16(15)14-17/h12-14H,4-7H2,1-3H3. The van der Waals surface area contributed by atoms with E-state index in [1.807, 2.05) is 0 Å². The van der Waals surface area contributed by atoms with Crippen molar-refractivity contribution in [1.29, 1.82) is 0 Å². The molecule has 0 unspecified atom stereocenters. The smallest absolute Gasteiger partial charge is 0.0404 e. The van der Waals surface area contributed by atoms with Crippen LogP contribution in [0.15, 0.2) is 18.2 Å². The van der Waals surface area contributed by atoms with E-state index in [1.165, 1.54) is 5.56 Å². The molecule has 0 aromatic heterocycles. The Balaban J connectivity index is 2.47. The van der Waals surface area contributed by atoms with Gasteiger partial charge in [0.05, 0.1) is 0 Å². The van der Waals surface area contributed by atoms with Crippen molar-refractivity contribution in [3.8, 4) is 23.7 Å². The molecule has 92 valence electrons. The Labute approximate surface area is 111 Å². The zero-order chi connectivity index (χ0) is 13.0. The highest BCUT2D eigenvalue weighted by molar-refractivity contribution is 5.52. The first kappa shape index (κ1) is 12.8. The fourth-order valence-electron chi connectivity index (χ4n) is 1.97. The summed E-state index contributed by atoms with van der Waals surface area (Å²) in [5, 5.41) is 0. The van der Waals surface area contributed by atoms with E-state index in [1.54, 1.807) is 0 Å². The van der Waals surface area contributed by atoms with Crippen molar-refractivity contribution < 1.29 is 0 Å². The molecule has 0 amide bonds. The second-order valence-electron chi connectivity index (χ2n) is 5.82. The highest BCUT2D eigenvalue weighted by Crippen LogP contribution is 2.24. The van der Waals surface area contributed by atoms with Crippen molar-refractivity contribution >= 4 is 0 Å². The number of hydrogen-bond donors (Lipinski definition) is 0. The molecule has 0 heterocycles. The third kappa shape index (κ3) is 3.18. The van der Waals surface area contributed by atoms with Gasteiger partial charge in [-0.2, -0.15) is 0 Å². The van der Waals surface area contributed by atoms with Gasteiger partial charge in [0.15, 0.2) is 0 Å². The molecular weight excluding hydrogens is 216 g/mol. The van der Waals surface area contributed by atoms with E-state index in [2.05, 4.69) is 62.7 Å². The summed E-state index contributed by atoms with van der Waals surface area (Å²) in [6.07, 6.45) is 4.30. The van der Waals surface area contributed by atoms with E-state index in [-0.39, 0.29) is 5.41 Å². The van der Waals surface area contributed by atoms with Crippen LogP contribution < -0.4 is 0 Å². The molecular formula is C18H20. The maximum atomic E-state index is 3.29. The molecule has 0 nitrogen and oxygen atoms in total. The van der Waals surface area contributed by atoms with Crippen molar-refractivity contribution in [1.82, 2.24) is 0 Å². The maximum Gasteiger partial charge on any atom is 0.0404 e. The van der Waals surface area contributed by atoms with Crippen LogP contribution in [-0.4, -0.2) is 0 Å². The molecule has 1 aromatic carbocycles. The molecule has 0 saturated heterocycles. The van der Waals surface area contributed by atoms with Gasteiger partial charge in [-0.1, -0.05) is 50.5 Å². The largest absolute Gasteiger partial charge is 0.0978 e. The average molecular weight is 236 g/mol. The van der Waals surface area contributed by atoms with Crippen LogP contribution >= 0.6 is 0 Å². The number of fused-ring (bicyclic) bond motifs is 1. The van der Waals surface area contributed by atoms with Gasteiger partial charge in [-0.15, -0.1) is 0 Å². The van der Waals surface area contributed by atoms with Crippen LogP contribution in [-0.2, 0) is 5.41 Å². The summed E-state index contributed by atoms with van der Waals surface area (Å²) in [5.74, 6) is 13.1. The first-order valence-electron chi connectivity index (χ1n) is 6.70. The van der Waals surface area contributed by atoms with Crippen LogP contribution in [0.2, 0.25) is 0 Å². The van der Waals surface area contributed by atoms with Gasteiger partial charge in [0.25, 0.3) is 0 Å². The number of benzene rings is 1. The molecule has 1 aliphatic carbocycles. The normalized spacial score (nSPS) is 14.6. The Morgan fingerprint density at radius 2 is 1.50 bits per heavy atom. The summed E-state index contributed by atoms with van der Waals surface area (Å²) in [4.78, 5) is 0. The second kappa shape index (κ2) is 5.32. The van der Waals surface area contributed by atoms with Gasteiger partial charge < -0.3 is 0 Å². The molecule has 2 rings (SSSR count). The Kier molecular flexibility index (Phi) is 3.78. The van der Waals surface area contributed by atoms with E-state index in [0.29, 0.717) is 0 Å². The molecule has 0 N–H and O–H groups in total. The molecule has 0 bridgehead atoms. The van der Waals surface area contributed by atoms with E-state index < -0.39 is 0 Å². The van der Waals surface area contributed by atoms with Crippen LogP contribution in [0.3, 0.4) is 0 Å². The van der Waals surface area contributed by atoms with E-state index in [9.17, 15) is 0 Å². The summed E-state index contributed by atoms with van der Waals surface area (Å²) in [5.41, 5.74) is 3.67. The Morgan fingerprint density at radius 3 is 2.11 bits per heavy atom. The Bertz CT molecular complexity index is 548. The van der Waals surface area contributed by atoms with E-state index in [4.69, 9.17) is 0 Å². The zero-order valence-electron chi connectivity index (χ0n) is 11.6. The van der Waals surface area contributed by atoms with E-state index in [0.717, 1.165) is 36.8 Å². The first-order valence-corrected chi connectivity index (χ1v) is 6.70. The lowest BCUT2D eigenvalue weighted by Gasteiger charge is -2.19. The lowest BCUT2D eigenvalue weighted by atomic mass is 9.85. The third-order valence-corrected chi connectivity index (χ3v) is 3.19. The second-order valence-corrected chi connectivity index (χ2v) is 5.82. The predicted molar refractivity (Wildman–Crippen MR) is 77.4 cm³/mol. The molecule has 1 aromatic rings. The molecule has 0 heteroatoms. The average Bonchev–Trinajstić information content (AvgIpc) is 2.33. The molecule has 1 aliphatic rings. The lowest BCUT2D eigenvalue weighted by molar-refractivity contribution is 0.590. The van der Waals surface area contributed by atoms with Gasteiger partial charge in [-0.05, 0) is 36.0 Å². The molecule has 0 spiro atoms. The first-order chi connectivity index (χ1) is 8.57. The van der Waals surface area contributed by atoms with Gasteiger partial charge in [0.2, 0.25) is 0 Å². The van der Waals surface area contributed by atoms with Crippen molar-refractivity contribution in [2.24, 2.45) is 0 Å². The minimum Gasteiger partial charge on any atom is -0.0978 e. The SMILES string of the molecule is CC(C)(C)c1ccc2c(c1)C#CCCCCC#C2. The number of hydrogen-bond acceptors (Lipinski definition) is 0. The quantitative estimate of drug-likeness (QED) is 0.590. The topological polar surface area (TPSA) is 0 Å². The Morgan fingerprint density at radius 1 is 0.889 bits per heavy atom. The highest BCUT2D eigenvalue weighted by Gasteiger charge is 2.14. The third-order valence-electron chi connectivity index (χ3n) is 3.19. The molecule has 0 atom stereocenters. The van der Waals surface area contributed by atoms with Gasteiger partial charge >= 0.3 is 0 Å². The summed E-state index contributed by atoms with van der Waals surface area (Å²) in [7, 11) is 0. The molecule has 18 heavy (non-hydrogen) atoms. The van der Waals surface area contributed by atoms with Gasteiger partial charge in [0, 0.05) is 24.0 Å². The van der Waals surface area contributed by atoms with E-state index >= 15 is 0 Å². The maximum absolute atomic E-state index is 3.29. The molecule has 0 radical (unpaired) electrons. The molecule has 0 fully saturated rings. The van der Waals surface area contributed by atoms with Gasteiger partial charge in [-0.25, -0.2) is 0 Å². The Hall–Kier alpha value is -1.66. The van der Waals surface area contributed by atoms with Gasteiger partial charge in [-0.3, -0.25) is 0 Å². The molecule has 0 saturated carbocycles. The van der Waals surface area contributed by atoms with Crippen LogP contribution in [0.25, 0.3) is 0 Å². The summed E-state index contributed by atoms with van der Waals surface area (Å²) in [6, 6.07) is 6.51. The summed E-state index contributed by atoms with van der Waals surface area (Å²) < 4.78 is 0. The highest BCUT2D eigenvalue weighted by atomic mass is 14.2. The van der Waals surface area contributed by atoms with Crippen molar-refractivity contribution in [3.05, 3.63) is 34.9 Å². The van der Waals surface area contributed by atoms with Crippen molar-refractivity contribution in [2.75, 3.05) is 0 Å². The fraction of sp³-hybridized carbons (Fsp3) is 0.444. The van der Waals surface area contributed by atoms with Crippen molar-refractivity contribution in [3.63, 3.8) is 0 Å².